The number of carbonyl (C=O) groups is 1. The Morgan fingerprint density at radius 1 is 0.978 bits per heavy atom. The number of amides is 1. The van der Waals surface area contributed by atoms with Crippen LogP contribution < -0.4 is 5.32 Å². The number of nitrogens with zero attached hydrogens (tertiary/aromatic N) is 6. The van der Waals surface area contributed by atoms with Gasteiger partial charge in [0.1, 0.15) is 19.0 Å². The fourth-order valence-electron chi connectivity index (χ4n) is 4.43. The average molecular weight is 646 g/mol. The van der Waals surface area contributed by atoms with Crippen molar-refractivity contribution in [2.24, 2.45) is 0 Å². The van der Waals surface area contributed by atoms with Crippen molar-refractivity contribution in [2.75, 3.05) is 65.7 Å². The van der Waals surface area contributed by atoms with Crippen molar-refractivity contribution in [1.29, 1.82) is 0 Å². The van der Waals surface area contributed by atoms with Crippen LogP contribution in [0.5, 0.6) is 0 Å². The Morgan fingerprint density at radius 3 is 2.40 bits per heavy atom. The van der Waals surface area contributed by atoms with E-state index in [-0.39, 0.29) is 56.8 Å². The third-order valence-electron chi connectivity index (χ3n) is 6.35. The highest BCUT2D eigenvalue weighted by Crippen LogP contribution is 2.46. The molecule has 0 spiro atoms. The molecule has 15 heteroatoms. The molecule has 2 heterocycles. The highest BCUT2D eigenvalue weighted by atomic mass is 31.2. The predicted molar refractivity (Wildman–Crippen MR) is 171 cm³/mol. The van der Waals surface area contributed by atoms with Crippen molar-refractivity contribution in [3.05, 3.63) is 60.0 Å². The van der Waals surface area contributed by atoms with E-state index in [1.54, 1.807) is 49.4 Å². The second-order valence-corrected chi connectivity index (χ2v) is 11.9. The summed E-state index contributed by atoms with van der Waals surface area (Å²) in [6.07, 6.45) is 1.72. The first kappa shape index (κ1) is 36.3. The number of carbonyl (C=O) groups excluding carboxylic acids is 1. The van der Waals surface area contributed by atoms with E-state index in [0.717, 1.165) is 0 Å². The molecule has 3 atom stereocenters. The Hall–Kier alpha value is -3.12. The molecule has 0 saturated carbocycles. The maximum atomic E-state index is 12.8. The minimum atomic E-state index is -1.48. The fraction of sp³-hybridized carbons (Fsp3) is 0.567. The molecule has 0 aliphatic rings. The number of ether oxygens (including phenoxy) is 4. The van der Waals surface area contributed by atoms with Crippen LogP contribution in [0.2, 0.25) is 0 Å². The Morgan fingerprint density at radius 2 is 1.73 bits per heavy atom. The van der Waals surface area contributed by atoms with Gasteiger partial charge in [0.15, 0.2) is 23.2 Å². The summed E-state index contributed by atoms with van der Waals surface area (Å²) in [7, 11) is 1.71. The lowest BCUT2D eigenvalue weighted by molar-refractivity contribution is -0.125. The second-order valence-electron chi connectivity index (χ2n) is 10.4. The standard InChI is InChI=1S/C30H44N7O7P/c1-22(2)37(23(3)4)45(42-14-13-31-5)43-18-25(17-40-7)44-26(19-41-16-15-39-6)36-21-34-27-28(32-20-33-29(27)36)35-30(38)24-11-9-8-10-12-24/h8-12,20-23,25-26H,13-19H2,1-4,6-7H3,(H,32,33,35,38)/t25-,26-,45?/m1/s1. The zero-order chi connectivity index (χ0) is 32.6. The summed E-state index contributed by atoms with van der Waals surface area (Å²) in [6.45, 7) is 17.2. The number of nitrogens with one attached hydrogen (secondary N) is 1. The van der Waals surface area contributed by atoms with Crippen LogP contribution in [-0.2, 0) is 28.0 Å². The Kier molecular flexibility index (Phi) is 15.7. The third-order valence-corrected chi connectivity index (χ3v) is 8.43. The van der Waals surface area contributed by atoms with Crippen LogP contribution in [0.1, 0.15) is 44.3 Å². The van der Waals surface area contributed by atoms with Gasteiger partial charge in [0.2, 0.25) is 6.54 Å². The van der Waals surface area contributed by atoms with Crippen LogP contribution in [0.25, 0.3) is 16.0 Å². The minimum Gasteiger partial charge on any atom is -0.382 e. The lowest BCUT2D eigenvalue weighted by atomic mass is 10.2. The van der Waals surface area contributed by atoms with Gasteiger partial charge < -0.3 is 38.2 Å². The van der Waals surface area contributed by atoms with Gasteiger partial charge in [0.25, 0.3) is 14.4 Å². The van der Waals surface area contributed by atoms with Crippen LogP contribution in [0.15, 0.2) is 43.0 Å². The summed E-state index contributed by atoms with van der Waals surface area (Å²) in [6, 6.07) is 9.16. The van der Waals surface area contributed by atoms with Crippen molar-refractivity contribution in [2.45, 2.75) is 52.1 Å². The number of benzene rings is 1. The van der Waals surface area contributed by atoms with Crippen molar-refractivity contribution in [3.8, 4) is 0 Å². The summed E-state index contributed by atoms with van der Waals surface area (Å²) in [4.78, 5) is 29.5. The molecule has 0 aliphatic carbocycles. The molecule has 3 aromatic rings. The zero-order valence-electron chi connectivity index (χ0n) is 26.8. The lowest BCUT2D eigenvalue weighted by Crippen LogP contribution is -2.36. The number of rotatable bonds is 21. The van der Waals surface area contributed by atoms with E-state index in [1.807, 2.05) is 6.07 Å². The maximum Gasteiger partial charge on any atom is 0.259 e. The van der Waals surface area contributed by atoms with Crippen molar-refractivity contribution in [1.82, 2.24) is 24.2 Å². The Bertz CT molecular complexity index is 1330. The molecule has 1 unspecified atom stereocenters. The first-order chi connectivity index (χ1) is 21.8. The number of anilines is 1. The van der Waals surface area contributed by atoms with Gasteiger partial charge in [0.05, 0.1) is 39.4 Å². The third kappa shape index (κ3) is 11.0. The number of fused-ring (bicyclic) bond motifs is 1. The molecule has 0 fully saturated rings. The van der Waals surface area contributed by atoms with Gasteiger partial charge in [-0.3, -0.25) is 9.36 Å². The van der Waals surface area contributed by atoms with Crippen molar-refractivity contribution < 1.29 is 32.8 Å². The number of aromatic nitrogens is 4. The molecule has 2 aromatic heterocycles. The van der Waals surface area contributed by atoms with Crippen LogP contribution in [-0.4, -0.2) is 109 Å². The molecule has 246 valence electrons. The molecule has 1 aromatic carbocycles. The smallest absolute Gasteiger partial charge is 0.259 e. The van der Waals surface area contributed by atoms with Crippen LogP contribution in [0, 0.1) is 6.57 Å². The molecular weight excluding hydrogens is 601 g/mol. The topological polar surface area (TPSA) is 136 Å². The average Bonchev–Trinajstić information content (AvgIpc) is 3.46. The largest absolute Gasteiger partial charge is 0.382 e. The highest BCUT2D eigenvalue weighted by molar-refractivity contribution is 7.44. The SMILES string of the molecule is [C-]#[N+]CCOP(OC[C@@H](COC)O[C@H](COCCOC)n1cnc2c(NC(=O)c3ccccc3)ncnc21)N(C(C)C)C(C)C. The Labute approximate surface area is 266 Å². The minimum absolute atomic E-state index is 0.144. The maximum absolute atomic E-state index is 12.8. The summed E-state index contributed by atoms with van der Waals surface area (Å²) in [5.41, 5.74) is 1.33. The van der Waals surface area contributed by atoms with Gasteiger partial charge in [-0.2, -0.15) is 0 Å². The monoisotopic (exact) mass is 645 g/mol. The molecule has 45 heavy (non-hydrogen) atoms. The van der Waals surface area contributed by atoms with Crippen LogP contribution in [0.3, 0.4) is 0 Å². The molecule has 0 radical (unpaired) electrons. The van der Waals surface area contributed by atoms with Gasteiger partial charge in [-0.1, -0.05) is 18.2 Å². The van der Waals surface area contributed by atoms with Gasteiger partial charge in [-0.05, 0) is 39.8 Å². The van der Waals surface area contributed by atoms with E-state index in [9.17, 15) is 4.79 Å². The quantitative estimate of drug-likeness (QED) is 0.0992. The van der Waals surface area contributed by atoms with Crippen molar-refractivity contribution >= 4 is 31.4 Å². The number of imidazole rings is 1. The molecule has 1 N–H and O–H groups in total. The molecule has 0 bridgehead atoms. The van der Waals surface area contributed by atoms with E-state index >= 15 is 0 Å². The number of hydrogen-bond acceptors (Lipinski definition) is 11. The molecule has 14 nitrogen and oxygen atoms in total. The van der Waals surface area contributed by atoms with Crippen molar-refractivity contribution in [3.63, 3.8) is 0 Å². The predicted octanol–water partition coefficient (Wildman–Crippen LogP) is 4.57. The van der Waals surface area contributed by atoms with Crippen LogP contribution >= 0.6 is 8.53 Å². The van der Waals surface area contributed by atoms with Crippen LogP contribution in [0.4, 0.5) is 5.82 Å². The van der Waals surface area contributed by atoms with E-state index in [0.29, 0.717) is 29.9 Å². The fourth-order valence-corrected chi connectivity index (χ4v) is 6.05. The second kappa shape index (κ2) is 19.4. The van der Waals surface area contributed by atoms with Gasteiger partial charge in [-0.25, -0.2) is 26.2 Å². The summed E-state index contributed by atoms with van der Waals surface area (Å²) in [5, 5.41) is 2.83. The van der Waals surface area contributed by atoms with E-state index in [1.165, 1.54) is 6.33 Å². The lowest BCUT2D eigenvalue weighted by Gasteiger charge is -2.36. The molecular formula is C30H44N7O7P. The molecule has 0 aliphatic heterocycles. The first-order valence-corrected chi connectivity index (χ1v) is 15.9. The summed E-state index contributed by atoms with van der Waals surface area (Å²) >= 11 is 0. The van der Waals surface area contributed by atoms with E-state index in [4.69, 9.17) is 34.6 Å². The molecule has 0 saturated heterocycles. The van der Waals surface area contributed by atoms with Gasteiger partial charge in [-0.15, -0.1) is 0 Å². The normalized spacial score (nSPS) is 13.8. The Balaban J connectivity index is 1.85. The first-order valence-electron chi connectivity index (χ1n) is 14.7. The zero-order valence-corrected chi connectivity index (χ0v) is 27.7. The van der Waals surface area contributed by atoms with Gasteiger partial charge >= 0.3 is 0 Å². The van der Waals surface area contributed by atoms with Gasteiger partial charge in [0, 0.05) is 31.9 Å². The summed E-state index contributed by atoms with van der Waals surface area (Å²) < 4.78 is 39.3. The number of hydrogen-bond donors (Lipinski definition) is 1. The molecule has 3 rings (SSSR count). The number of methoxy groups -OCH3 is 2. The van der Waals surface area contributed by atoms with E-state index < -0.39 is 20.9 Å². The molecule has 1 amide bonds. The highest BCUT2D eigenvalue weighted by Gasteiger charge is 2.30. The summed E-state index contributed by atoms with van der Waals surface area (Å²) in [5.74, 6) is -0.0433. The van der Waals surface area contributed by atoms with E-state index in [2.05, 4.69) is 57.5 Å².